The lowest BCUT2D eigenvalue weighted by Gasteiger charge is -2.05. The van der Waals surface area contributed by atoms with Gasteiger partial charge in [-0.2, -0.15) is 0 Å². The van der Waals surface area contributed by atoms with E-state index in [4.69, 9.17) is 12.2 Å². The molecule has 0 fully saturated rings. The largest absolute Gasteiger partial charge is 0.342 e. The van der Waals surface area contributed by atoms with Gasteiger partial charge in [0.15, 0.2) is 5.82 Å². The summed E-state index contributed by atoms with van der Waals surface area (Å²) in [5, 5.41) is 0. The number of nitrogens with one attached hydrogen (secondary N) is 1. The Kier molecular flexibility index (Phi) is 4.06. The fourth-order valence-electron chi connectivity index (χ4n) is 1.40. The lowest BCUT2D eigenvalue weighted by Crippen LogP contribution is -1.97. The Labute approximate surface area is 121 Å². The SMILES string of the molecule is CCc1cc(=S)nc(-c2ncc(Br)cc2Br)[nH]1. The summed E-state index contributed by atoms with van der Waals surface area (Å²) in [6.45, 7) is 2.06. The van der Waals surface area contributed by atoms with Gasteiger partial charge in [-0.25, -0.2) is 4.98 Å². The molecule has 0 saturated carbocycles. The molecule has 2 aromatic heterocycles. The molecule has 88 valence electrons. The summed E-state index contributed by atoms with van der Waals surface area (Å²) in [6.07, 6.45) is 2.62. The minimum Gasteiger partial charge on any atom is -0.342 e. The second-order valence-electron chi connectivity index (χ2n) is 3.43. The maximum absolute atomic E-state index is 5.14. The van der Waals surface area contributed by atoms with Gasteiger partial charge in [0.2, 0.25) is 0 Å². The lowest BCUT2D eigenvalue weighted by molar-refractivity contribution is 0.990. The average Bonchev–Trinajstić information content (AvgIpc) is 2.28. The van der Waals surface area contributed by atoms with Gasteiger partial charge in [-0.05, 0) is 50.4 Å². The zero-order chi connectivity index (χ0) is 12.4. The summed E-state index contributed by atoms with van der Waals surface area (Å²) >= 11 is 12.0. The van der Waals surface area contributed by atoms with Crippen LogP contribution in [0.2, 0.25) is 0 Å². The van der Waals surface area contributed by atoms with Gasteiger partial charge < -0.3 is 4.98 Å². The normalized spacial score (nSPS) is 10.5. The van der Waals surface area contributed by atoms with E-state index in [-0.39, 0.29) is 0 Å². The van der Waals surface area contributed by atoms with Crippen molar-refractivity contribution in [3.63, 3.8) is 0 Å². The number of aromatic amines is 1. The molecular weight excluding hydrogens is 366 g/mol. The summed E-state index contributed by atoms with van der Waals surface area (Å²) in [5.41, 5.74) is 1.81. The highest BCUT2D eigenvalue weighted by molar-refractivity contribution is 9.11. The molecular formula is C11H9Br2N3S. The van der Waals surface area contributed by atoms with Crippen molar-refractivity contribution < 1.29 is 0 Å². The number of hydrogen-bond donors (Lipinski definition) is 1. The van der Waals surface area contributed by atoms with E-state index in [2.05, 4.69) is 53.7 Å². The van der Waals surface area contributed by atoms with Crippen molar-refractivity contribution in [2.45, 2.75) is 13.3 Å². The molecule has 2 aromatic rings. The summed E-state index contributed by atoms with van der Waals surface area (Å²) < 4.78 is 2.36. The molecule has 0 radical (unpaired) electrons. The zero-order valence-corrected chi connectivity index (χ0v) is 13.0. The Morgan fingerprint density at radius 1 is 1.35 bits per heavy atom. The third kappa shape index (κ3) is 3.00. The molecule has 2 heterocycles. The van der Waals surface area contributed by atoms with Crippen molar-refractivity contribution in [3.05, 3.63) is 37.6 Å². The van der Waals surface area contributed by atoms with Crippen LogP contribution in [0.4, 0.5) is 0 Å². The van der Waals surface area contributed by atoms with E-state index in [0.29, 0.717) is 10.5 Å². The van der Waals surface area contributed by atoms with Crippen molar-refractivity contribution in [2.24, 2.45) is 0 Å². The number of pyridine rings is 1. The molecule has 0 aliphatic rings. The molecule has 0 aliphatic carbocycles. The van der Waals surface area contributed by atoms with E-state index in [0.717, 1.165) is 26.8 Å². The number of H-pyrrole nitrogens is 1. The van der Waals surface area contributed by atoms with Crippen LogP contribution in [0.25, 0.3) is 11.5 Å². The maximum atomic E-state index is 5.14. The van der Waals surface area contributed by atoms with Crippen LogP contribution in [0.1, 0.15) is 12.6 Å². The van der Waals surface area contributed by atoms with Crippen LogP contribution in [-0.4, -0.2) is 15.0 Å². The topological polar surface area (TPSA) is 41.6 Å². The Hall–Kier alpha value is -0.590. The third-order valence-electron chi connectivity index (χ3n) is 2.21. The van der Waals surface area contributed by atoms with E-state index >= 15 is 0 Å². The number of hydrogen-bond acceptors (Lipinski definition) is 3. The van der Waals surface area contributed by atoms with E-state index in [1.807, 2.05) is 12.1 Å². The van der Waals surface area contributed by atoms with E-state index < -0.39 is 0 Å². The van der Waals surface area contributed by atoms with E-state index in [1.165, 1.54) is 0 Å². The average molecular weight is 375 g/mol. The van der Waals surface area contributed by atoms with Crippen LogP contribution in [0.3, 0.4) is 0 Å². The van der Waals surface area contributed by atoms with E-state index in [9.17, 15) is 0 Å². The molecule has 0 bridgehead atoms. The quantitative estimate of drug-likeness (QED) is 0.797. The zero-order valence-electron chi connectivity index (χ0n) is 9.00. The van der Waals surface area contributed by atoms with Crippen LogP contribution in [0.15, 0.2) is 27.3 Å². The molecule has 17 heavy (non-hydrogen) atoms. The molecule has 0 aliphatic heterocycles. The first-order valence-corrected chi connectivity index (χ1v) is 7.01. The standard InChI is InChI=1S/C11H9Br2N3S/c1-2-7-4-9(17)16-11(15-7)10-8(13)3-6(12)5-14-10/h3-5H,2H2,1H3,(H,15,16,17). The predicted molar refractivity (Wildman–Crippen MR) is 77.4 cm³/mol. The Morgan fingerprint density at radius 3 is 2.76 bits per heavy atom. The Morgan fingerprint density at radius 2 is 2.12 bits per heavy atom. The molecule has 1 N–H and O–H groups in total. The third-order valence-corrected chi connectivity index (χ3v) is 3.46. The monoisotopic (exact) mass is 373 g/mol. The van der Waals surface area contributed by atoms with Gasteiger partial charge in [0.05, 0.1) is 0 Å². The molecule has 3 nitrogen and oxygen atoms in total. The van der Waals surface area contributed by atoms with Crippen molar-refractivity contribution in [1.82, 2.24) is 15.0 Å². The van der Waals surface area contributed by atoms with Gasteiger partial charge in [0.25, 0.3) is 0 Å². The number of aryl methyl sites for hydroxylation is 1. The minimum absolute atomic E-state index is 0.576. The summed E-state index contributed by atoms with van der Waals surface area (Å²) in [7, 11) is 0. The molecule has 6 heteroatoms. The first-order chi connectivity index (χ1) is 8.10. The fraction of sp³-hybridized carbons (Fsp3) is 0.182. The number of aromatic nitrogens is 3. The smallest absolute Gasteiger partial charge is 0.158 e. The van der Waals surface area contributed by atoms with Gasteiger partial charge in [0.1, 0.15) is 10.3 Å². The lowest BCUT2D eigenvalue weighted by atomic mass is 10.3. The van der Waals surface area contributed by atoms with Gasteiger partial charge >= 0.3 is 0 Å². The Bertz CT molecular complexity index is 610. The molecule has 0 amide bonds. The van der Waals surface area contributed by atoms with Gasteiger partial charge in [-0.15, -0.1) is 0 Å². The second kappa shape index (κ2) is 5.37. The summed E-state index contributed by atoms with van der Waals surface area (Å²) in [5.74, 6) is 0.689. The number of nitrogens with zero attached hydrogens (tertiary/aromatic N) is 2. The van der Waals surface area contributed by atoms with Gasteiger partial charge in [-0.1, -0.05) is 19.1 Å². The predicted octanol–water partition coefficient (Wildman–Crippen LogP) is 4.29. The highest BCUT2D eigenvalue weighted by Gasteiger charge is 2.08. The molecule has 0 atom stereocenters. The van der Waals surface area contributed by atoms with Crippen LogP contribution in [-0.2, 0) is 6.42 Å². The fourth-order valence-corrected chi connectivity index (χ4v) is 2.81. The second-order valence-corrected chi connectivity index (χ2v) is 5.62. The number of halogens is 2. The molecule has 0 saturated heterocycles. The van der Waals surface area contributed by atoms with Crippen molar-refractivity contribution >= 4 is 44.1 Å². The van der Waals surface area contributed by atoms with Crippen LogP contribution in [0, 0.1) is 4.64 Å². The molecule has 2 rings (SSSR count). The van der Waals surface area contributed by atoms with Crippen LogP contribution in [0.5, 0.6) is 0 Å². The highest BCUT2D eigenvalue weighted by atomic mass is 79.9. The van der Waals surface area contributed by atoms with Crippen LogP contribution >= 0.6 is 44.1 Å². The Balaban J connectivity index is 2.60. The highest BCUT2D eigenvalue weighted by Crippen LogP contribution is 2.26. The van der Waals surface area contributed by atoms with Crippen LogP contribution < -0.4 is 0 Å². The molecule has 0 spiro atoms. The molecule has 0 unspecified atom stereocenters. The van der Waals surface area contributed by atoms with Gasteiger partial charge in [-0.3, -0.25) is 4.98 Å². The van der Waals surface area contributed by atoms with Gasteiger partial charge in [0, 0.05) is 20.8 Å². The first-order valence-electron chi connectivity index (χ1n) is 5.02. The summed E-state index contributed by atoms with van der Waals surface area (Å²) in [6, 6.07) is 3.80. The first kappa shape index (κ1) is 12.9. The van der Waals surface area contributed by atoms with E-state index in [1.54, 1.807) is 6.20 Å². The number of rotatable bonds is 2. The summed E-state index contributed by atoms with van der Waals surface area (Å²) in [4.78, 5) is 11.9. The van der Waals surface area contributed by atoms with Crippen molar-refractivity contribution in [2.75, 3.05) is 0 Å². The maximum Gasteiger partial charge on any atom is 0.158 e. The minimum atomic E-state index is 0.576. The van der Waals surface area contributed by atoms with Crippen molar-refractivity contribution in [1.29, 1.82) is 0 Å². The van der Waals surface area contributed by atoms with Crippen molar-refractivity contribution in [3.8, 4) is 11.5 Å². The molecule has 0 aromatic carbocycles.